The zero-order valence-electron chi connectivity index (χ0n) is 11.1. The molecule has 0 amide bonds. The van der Waals surface area contributed by atoms with Gasteiger partial charge in [-0.3, -0.25) is 0 Å². The fourth-order valence-corrected chi connectivity index (χ4v) is 2.32. The van der Waals surface area contributed by atoms with Crippen LogP contribution in [0.25, 0.3) is 0 Å². The summed E-state index contributed by atoms with van der Waals surface area (Å²) in [6.07, 6.45) is 1.20. The van der Waals surface area contributed by atoms with Crippen LogP contribution in [-0.2, 0) is 6.42 Å². The molecule has 5 heteroatoms. The fraction of sp³-hybridized carbons (Fsp3) is 0.571. The third-order valence-electron chi connectivity index (χ3n) is 3.61. The van der Waals surface area contributed by atoms with E-state index in [1.54, 1.807) is 0 Å². The lowest BCUT2D eigenvalue weighted by molar-refractivity contribution is 0.153. The number of benzene rings is 1. The molecule has 1 heterocycles. The largest absolute Gasteiger partial charge is 0.304 e. The van der Waals surface area contributed by atoms with Crippen molar-refractivity contribution >= 4 is 0 Å². The summed E-state index contributed by atoms with van der Waals surface area (Å²) >= 11 is 0. The van der Waals surface area contributed by atoms with Crippen molar-refractivity contribution in [2.24, 2.45) is 0 Å². The van der Waals surface area contributed by atoms with E-state index in [9.17, 15) is 13.2 Å². The molecule has 1 fully saturated rings. The van der Waals surface area contributed by atoms with E-state index in [2.05, 4.69) is 16.8 Å². The van der Waals surface area contributed by atoms with Crippen LogP contribution >= 0.6 is 0 Å². The van der Waals surface area contributed by atoms with Crippen molar-refractivity contribution in [1.82, 2.24) is 9.80 Å². The van der Waals surface area contributed by atoms with E-state index < -0.39 is 17.5 Å². The highest BCUT2D eigenvalue weighted by Gasteiger charge is 2.14. The Hall–Kier alpha value is -1.07. The molecule has 19 heavy (non-hydrogen) atoms. The maximum Gasteiger partial charge on any atom is 0.161 e. The number of hydrogen-bond acceptors (Lipinski definition) is 2. The molecule has 0 unspecified atom stereocenters. The van der Waals surface area contributed by atoms with Crippen molar-refractivity contribution in [1.29, 1.82) is 0 Å². The Bertz CT molecular complexity index is 429. The number of likely N-dealkylation sites (N-methyl/N-ethyl adjacent to an activating group) is 1. The van der Waals surface area contributed by atoms with Crippen molar-refractivity contribution in [2.45, 2.75) is 12.8 Å². The Morgan fingerprint density at radius 2 is 1.58 bits per heavy atom. The van der Waals surface area contributed by atoms with Gasteiger partial charge in [-0.1, -0.05) is 0 Å². The minimum atomic E-state index is -1.12. The van der Waals surface area contributed by atoms with E-state index in [1.165, 1.54) is 0 Å². The zero-order valence-corrected chi connectivity index (χ0v) is 11.1. The molecule has 2 rings (SSSR count). The molecule has 0 bridgehead atoms. The molecular formula is C14H19F3N2. The highest BCUT2D eigenvalue weighted by Crippen LogP contribution is 2.15. The van der Waals surface area contributed by atoms with Crippen molar-refractivity contribution in [3.8, 4) is 0 Å². The molecule has 0 aliphatic carbocycles. The second-order valence-corrected chi connectivity index (χ2v) is 5.11. The standard InChI is InChI=1S/C14H19F3N2/c1-18-5-7-19(8-6-18)4-2-3-11-9-13(16)14(17)10-12(11)15/h9-10H,2-8H2,1H3. The van der Waals surface area contributed by atoms with Gasteiger partial charge in [0.15, 0.2) is 11.6 Å². The van der Waals surface area contributed by atoms with Crippen LogP contribution in [0.4, 0.5) is 13.2 Å². The lowest BCUT2D eigenvalue weighted by Gasteiger charge is -2.32. The first kappa shape index (κ1) is 14.3. The predicted molar refractivity (Wildman–Crippen MR) is 68.6 cm³/mol. The summed E-state index contributed by atoms with van der Waals surface area (Å²) in [6.45, 7) is 4.97. The number of aryl methyl sites for hydroxylation is 1. The maximum absolute atomic E-state index is 13.4. The van der Waals surface area contributed by atoms with Crippen LogP contribution in [0.5, 0.6) is 0 Å². The van der Waals surface area contributed by atoms with Gasteiger partial charge in [0.2, 0.25) is 0 Å². The fourth-order valence-electron chi connectivity index (χ4n) is 2.32. The molecular weight excluding hydrogens is 253 g/mol. The average molecular weight is 272 g/mol. The van der Waals surface area contributed by atoms with E-state index >= 15 is 0 Å². The summed E-state index contributed by atoms with van der Waals surface area (Å²) in [6, 6.07) is 1.59. The quantitative estimate of drug-likeness (QED) is 0.776. The summed E-state index contributed by atoms with van der Waals surface area (Å²) in [7, 11) is 2.09. The number of rotatable bonds is 4. The van der Waals surface area contributed by atoms with Crippen LogP contribution in [0.1, 0.15) is 12.0 Å². The van der Waals surface area contributed by atoms with Crippen molar-refractivity contribution in [3.05, 3.63) is 35.1 Å². The second kappa shape index (κ2) is 6.39. The van der Waals surface area contributed by atoms with Crippen molar-refractivity contribution in [3.63, 3.8) is 0 Å². The Labute approximate surface area is 111 Å². The Morgan fingerprint density at radius 3 is 2.26 bits per heavy atom. The first-order valence-corrected chi connectivity index (χ1v) is 6.60. The number of halogens is 3. The molecule has 1 aromatic carbocycles. The van der Waals surface area contributed by atoms with Gasteiger partial charge in [-0.2, -0.15) is 0 Å². The first-order valence-electron chi connectivity index (χ1n) is 6.60. The minimum absolute atomic E-state index is 0.257. The highest BCUT2D eigenvalue weighted by molar-refractivity contribution is 5.20. The number of hydrogen-bond donors (Lipinski definition) is 0. The molecule has 1 aliphatic heterocycles. The van der Waals surface area contributed by atoms with Crippen LogP contribution in [0.2, 0.25) is 0 Å². The van der Waals surface area contributed by atoms with E-state index in [0.717, 1.165) is 45.2 Å². The third-order valence-corrected chi connectivity index (χ3v) is 3.61. The van der Waals surface area contributed by atoms with Gasteiger partial charge >= 0.3 is 0 Å². The second-order valence-electron chi connectivity index (χ2n) is 5.11. The van der Waals surface area contributed by atoms with Gasteiger partial charge in [0.1, 0.15) is 5.82 Å². The van der Waals surface area contributed by atoms with Gasteiger partial charge in [0, 0.05) is 32.2 Å². The molecule has 1 aromatic rings. The van der Waals surface area contributed by atoms with Gasteiger partial charge < -0.3 is 9.80 Å². The Balaban J connectivity index is 1.81. The lowest BCUT2D eigenvalue weighted by Crippen LogP contribution is -2.44. The minimum Gasteiger partial charge on any atom is -0.304 e. The van der Waals surface area contributed by atoms with Gasteiger partial charge in [-0.25, -0.2) is 13.2 Å². The van der Waals surface area contributed by atoms with Gasteiger partial charge in [0.25, 0.3) is 0 Å². The Morgan fingerprint density at radius 1 is 0.947 bits per heavy atom. The van der Waals surface area contributed by atoms with Crippen LogP contribution in [0.15, 0.2) is 12.1 Å². The van der Waals surface area contributed by atoms with Crippen LogP contribution in [0.3, 0.4) is 0 Å². The van der Waals surface area contributed by atoms with E-state index in [1.807, 2.05) is 0 Å². The SMILES string of the molecule is CN1CCN(CCCc2cc(F)c(F)cc2F)CC1. The van der Waals surface area contributed by atoms with Crippen LogP contribution < -0.4 is 0 Å². The highest BCUT2D eigenvalue weighted by atomic mass is 19.2. The maximum atomic E-state index is 13.4. The van der Waals surface area contributed by atoms with Crippen molar-refractivity contribution < 1.29 is 13.2 Å². The number of piperazine rings is 1. The van der Waals surface area contributed by atoms with Crippen LogP contribution in [-0.4, -0.2) is 49.6 Å². The first-order chi connectivity index (χ1) is 9.06. The summed E-state index contributed by atoms with van der Waals surface area (Å²) in [5.74, 6) is -2.76. The average Bonchev–Trinajstić information content (AvgIpc) is 2.38. The molecule has 106 valence electrons. The topological polar surface area (TPSA) is 6.48 Å². The zero-order chi connectivity index (χ0) is 13.8. The summed E-state index contributed by atoms with van der Waals surface area (Å²) in [5.41, 5.74) is 0.257. The monoisotopic (exact) mass is 272 g/mol. The van der Waals surface area contributed by atoms with Crippen molar-refractivity contribution in [2.75, 3.05) is 39.8 Å². The molecule has 1 aliphatic rings. The molecule has 1 saturated heterocycles. The van der Waals surface area contributed by atoms with E-state index in [-0.39, 0.29) is 5.56 Å². The molecule has 0 saturated carbocycles. The van der Waals surface area contributed by atoms with E-state index in [4.69, 9.17) is 0 Å². The smallest absolute Gasteiger partial charge is 0.161 e. The molecule has 0 radical (unpaired) electrons. The molecule has 0 N–H and O–H groups in total. The van der Waals surface area contributed by atoms with Gasteiger partial charge in [-0.15, -0.1) is 0 Å². The molecule has 0 atom stereocenters. The Kier molecular flexibility index (Phi) is 4.82. The molecule has 0 aromatic heterocycles. The van der Waals surface area contributed by atoms with Gasteiger partial charge in [0.05, 0.1) is 0 Å². The molecule has 0 spiro atoms. The normalized spacial score (nSPS) is 17.9. The summed E-state index contributed by atoms with van der Waals surface area (Å²) in [4.78, 5) is 4.59. The molecule has 2 nitrogen and oxygen atoms in total. The third kappa shape index (κ3) is 3.94. The van der Waals surface area contributed by atoms with Gasteiger partial charge in [-0.05, 0) is 38.1 Å². The summed E-state index contributed by atoms with van der Waals surface area (Å²) < 4.78 is 39.2. The summed E-state index contributed by atoms with van der Waals surface area (Å²) in [5, 5.41) is 0. The van der Waals surface area contributed by atoms with E-state index in [0.29, 0.717) is 12.5 Å². The predicted octanol–water partition coefficient (Wildman–Crippen LogP) is 2.28. The number of nitrogens with zero attached hydrogens (tertiary/aromatic N) is 2. The van der Waals surface area contributed by atoms with Crippen LogP contribution in [0, 0.1) is 17.5 Å². The lowest BCUT2D eigenvalue weighted by atomic mass is 10.1.